The molecule has 122 valence electrons. The van der Waals surface area contributed by atoms with E-state index in [-0.39, 0.29) is 11.7 Å². The second-order valence-corrected chi connectivity index (χ2v) is 6.39. The Morgan fingerprint density at radius 2 is 1.78 bits per heavy atom. The normalized spacial score (nSPS) is 11.9. The smallest absolute Gasteiger partial charge is 0.232 e. The number of phenolic OH excluding ortho intramolecular Hbond substituents is 1. The Labute approximate surface area is 140 Å². The largest absolute Gasteiger partial charge is 0.508 e. The zero-order valence-corrected chi connectivity index (χ0v) is 13.9. The predicted molar refractivity (Wildman–Crippen MR) is 93.3 cm³/mol. The molecule has 0 spiro atoms. The Morgan fingerprint density at radius 3 is 2.43 bits per heavy atom. The molecule has 2 N–H and O–H groups in total. The number of aliphatic hydroxyl groups excluding tert-OH is 1. The first kappa shape index (κ1) is 17.4. The molecule has 5 heteroatoms. The number of benzene rings is 2. The maximum atomic E-state index is 12.1. The zero-order valence-electron chi connectivity index (χ0n) is 13.1. The molecule has 2 aromatic carbocycles. The predicted octanol–water partition coefficient (Wildman–Crippen LogP) is 2.82. The summed E-state index contributed by atoms with van der Waals surface area (Å²) in [6.07, 6.45) is -0.559. The fourth-order valence-electron chi connectivity index (χ4n) is 2.10. The Bertz CT molecular complexity index is 616. The van der Waals surface area contributed by atoms with Crippen LogP contribution in [0.4, 0.5) is 0 Å². The summed E-state index contributed by atoms with van der Waals surface area (Å²) in [5.74, 6) is 1.05. The molecule has 4 nitrogen and oxygen atoms in total. The minimum absolute atomic E-state index is 0.0170. The van der Waals surface area contributed by atoms with E-state index in [4.69, 9.17) is 0 Å². The summed E-state index contributed by atoms with van der Waals surface area (Å²) >= 11 is 1.42. The molecule has 0 heterocycles. The molecule has 0 radical (unpaired) electrons. The SMILES string of the molecule is CN(Cc1ccc(O)cc1)C(=O)CSCC(O)c1ccccc1. The third-order valence-electron chi connectivity index (χ3n) is 3.47. The molecule has 0 saturated heterocycles. The summed E-state index contributed by atoms with van der Waals surface area (Å²) in [4.78, 5) is 13.8. The van der Waals surface area contributed by atoms with Gasteiger partial charge in [-0.25, -0.2) is 0 Å². The average Bonchev–Trinajstić information content (AvgIpc) is 2.57. The highest BCUT2D eigenvalue weighted by Crippen LogP contribution is 2.18. The van der Waals surface area contributed by atoms with Crippen molar-refractivity contribution in [1.82, 2.24) is 4.90 Å². The van der Waals surface area contributed by atoms with Gasteiger partial charge in [0.15, 0.2) is 0 Å². The molecule has 0 aliphatic rings. The Morgan fingerprint density at radius 1 is 1.13 bits per heavy atom. The Kier molecular flexibility index (Phi) is 6.50. The van der Waals surface area contributed by atoms with Gasteiger partial charge in [-0.15, -0.1) is 11.8 Å². The van der Waals surface area contributed by atoms with E-state index < -0.39 is 6.10 Å². The fraction of sp³-hybridized carbons (Fsp3) is 0.278. The molecule has 0 aliphatic heterocycles. The molecule has 1 atom stereocenters. The van der Waals surface area contributed by atoms with Crippen molar-refractivity contribution < 1.29 is 15.0 Å². The topological polar surface area (TPSA) is 60.8 Å². The highest BCUT2D eigenvalue weighted by Gasteiger charge is 2.12. The zero-order chi connectivity index (χ0) is 16.7. The summed E-state index contributed by atoms with van der Waals surface area (Å²) < 4.78 is 0. The van der Waals surface area contributed by atoms with E-state index in [1.165, 1.54) is 11.8 Å². The second-order valence-electron chi connectivity index (χ2n) is 5.36. The van der Waals surface area contributed by atoms with Gasteiger partial charge >= 0.3 is 0 Å². The summed E-state index contributed by atoms with van der Waals surface area (Å²) in [6.45, 7) is 0.501. The molecule has 0 aromatic heterocycles. The molecule has 0 saturated carbocycles. The number of phenols is 1. The third-order valence-corrected chi connectivity index (χ3v) is 4.47. The lowest BCUT2D eigenvalue weighted by Crippen LogP contribution is -2.28. The van der Waals surface area contributed by atoms with E-state index in [1.807, 2.05) is 30.3 Å². The molecular weight excluding hydrogens is 310 g/mol. The van der Waals surface area contributed by atoms with Gasteiger partial charge in [0.25, 0.3) is 0 Å². The van der Waals surface area contributed by atoms with Crippen molar-refractivity contribution in [3.63, 3.8) is 0 Å². The van der Waals surface area contributed by atoms with Gasteiger partial charge in [0, 0.05) is 19.3 Å². The van der Waals surface area contributed by atoms with Crippen LogP contribution in [0.1, 0.15) is 17.2 Å². The molecule has 23 heavy (non-hydrogen) atoms. The van der Waals surface area contributed by atoms with Crippen molar-refractivity contribution in [3.05, 3.63) is 65.7 Å². The first-order valence-corrected chi connectivity index (χ1v) is 8.54. The van der Waals surface area contributed by atoms with Crippen molar-refractivity contribution in [2.75, 3.05) is 18.6 Å². The standard InChI is InChI=1S/C18H21NO3S/c1-19(11-14-7-9-16(20)10-8-14)18(22)13-23-12-17(21)15-5-3-2-4-6-15/h2-10,17,20-21H,11-13H2,1H3. The first-order chi connectivity index (χ1) is 11.1. The quantitative estimate of drug-likeness (QED) is 0.819. The van der Waals surface area contributed by atoms with E-state index in [1.54, 1.807) is 36.2 Å². The summed E-state index contributed by atoms with van der Waals surface area (Å²) in [7, 11) is 1.75. The number of thioether (sulfide) groups is 1. The minimum Gasteiger partial charge on any atom is -0.508 e. The van der Waals surface area contributed by atoms with Crippen LogP contribution in [-0.4, -0.2) is 39.6 Å². The maximum absolute atomic E-state index is 12.1. The number of carbonyl (C=O) groups excluding carboxylic acids is 1. The van der Waals surface area contributed by atoms with E-state index in [9.17, 15) is 15.0 Å². The van der Waals surface area contributed by atoms with Gasteiger partial charge in [0.1, 0.15) is 5.75 Å². The van der Waals surface area contributed by atoms with E-state index in [2.05, 4.69) is 0 Å². The minimum atomic E-state index is -0.559. The molecule has 0 aliphatic carbocycles. The highest BCUT2D eigenvalue weighted by molar-refractivity contribution is 7.99. The van der Waals surface area contributed by atoms with Gasteiger partial charge in [-0.3, -0.25) is 4.79 Å². The van der Waals surface area contributed by atoms with Crippen LogP contribution in [0.25, 0.3) is 0 Å². The van der Waals surface area contributed by atoms with Crippen LogP contribution >= 0.6 is 11.8 Å². The summed E-state index contributed by atoms with van der Waals surface area (Å²) in [6, 6.07) is 16.3. The Hall–Kier alpha value is -1.98. The number of rotatable bonds is 7. The number of aromatic hydroxyl groups is 1. The number of hydrogen-bond donors (Lipinski definition) is 2. The van der Waals surface area contributed by atoms with Gasteiger partial charge in [-0.1, -0.05) is 42.5 Å². The van der Waals surface area contributed by atoms with Gasteiger partial charge < -0.3 is 15.1 Å². The van der Waals surface area contributed by atoms with E-state index >= 15 is 0 Å². The number of carbonyl (C=O) groups is 1. The monoisotopic (exact) mass is 331 g/mol. The van der Waals surface area contributed by atoms with Crippen molar-refractivity contribution >= 4 is 17.7 Å². The van der Waals surface area contributed by atoms with Gasteiger partial charge in [0.05, 0.1) is 11.9 Å². The summed E-state index contributed by atoms with van der Waals surface area (Å²) in [5, 5.41) is 19.3. The van der Waals surface area contributed by atoms with Crippen LogP contribution in [-0.2, 0) is 11.3 Å². The van der Waals surface area contributed by atoms with E-state index in [0.29, 0.717) is 18.1 Å². The number of nitrogens with zero attached hydrogens (tertiary/aromatic N) is 1. The summed E-state index contributed by atoms with van der Waals surface area (Å²) in [5.41, 5.74) is 1.83. The van der Waals surface area contributed by atoms with E-state index in [0.717, 1.165) is 11.1 Å². The molecule has 0 bridgehead atoms. The Balaban J connectivity index is 1.74. The van der Waals surface area contributed by atoms with Gasteiger partial charge in [0.2, 0.25) is 5.91 Å². The van der Waals surface area contributed by atoms with Crippen molar-refractivity contribution in [2.45, 2.75) is 12.6 Å². The van der Waals surface area contributed by atoms with Crippen LogP contribution in [0.15, 0.2) is 54.6 Å². The molecule has 1 unspecified atom stereocenters. The third kappa shape index (κ3) is 5.62. The van der Waals surface area contributed by atoms with Crippen molar-refractivity contribution in [3.8, 4) is 5.75 Å². The molecule has 0 fully saturated rings. The lowest BCUT2D eigenvalue weighted by atomic mass is 10.1. The van der Waals surface area contributed by atoms with Gasteiger partial charge in [-0.2, -0.15) is 0 Å². The highest BCUT2D eigenvalue weighted by atomic mass is 32.2. The van der Waals surface area contributed by atoms with Crippen molar-refractivity contribution in [2.24, 2.45) is 0 Å². The number of amides is 1. The van der Waals surface area contributed by atoms with Crippen LogP contribution < -0.4 is 0 Å². The van der Waals surface area contributed by atoms with Gasteiger partial charge in [-0.05, 0) is 23.3 Å². The second kappa shape index (κ2) is 8.60. The van der Waals surface area contributed by atoms with Crippen LogP contribution in [0.5, 0.6) is 5.75 Å². The number of aliphatic hydroxyl groups is 1. The first-order valence-electron chi connectivity index (χ1n) is 7.39. The van der Waals surface area contributed by atoms with Crippen molar-refractivity contribution in [1.29, 1.82) is 0 Å². The molecule has 1 amide bonds. The number of hydrogen-bond acceptors (Lipinski definition) is 4. The molecule has 2 aromatic rings. The average molecular weight is 331 g/mol. The lowest BCUT2D eigenvalue weighted by Gasteiger charge is -2.18. The lowest BCUT2D eigenvalue weighted by molar-refractivity contribution is -0.127. The maximum Gasteiger partial charge on any atom is 0.232 e. The molecule has 2 rings (SSSR count). The molecular formula is C18H21NO3S. The van der Waals surface area contributed by atoms with Crippen LogP contribution in [0, 0.1) is 0 Å². The van der Waals surface area contributed by atoms with Crippen LogP contribution in [0.3, 0.4) is 0 Å². The van der Waals surface area contributed by atoms with Crippen LogP contribution in [0.2, 0.25) is 0 Å². The fourth-order valence-corrected chi connectivity index (χ4v) is 3.03.